The molecule has 158 valence electrons. The highest BCUT2D eigenvalue weighted by Gasteiger charge is 2.38. The molecule has 2 rings (SSSR count). The molecule has 1 heterocycles. The number of hydrogen-bond acceptors (Lipinski definition) is 7. The van der Waals surface area contributed by atoms with Gasteiger partial charge in [-0.1, -0.05) is 6.07 Å². The van der Waals surface area contributed by atoms with Crippen molar-refractivity contribution in [3.8, 4) is 6.01 Å². The molecule has 0 saturated heterocycles. The van der Waals surface area contributed by atoms with E-state index >= 15 is 0 Å². The fraction of sp³-hybridized carbons (Fsp3) is 0.444. The Kier molecular flexibility index (Phi) is 7.18. The lowest BCUT2D eigenvalue weighted by Gasteiger charge is -2.21. The maximum absolute atomic E-state index is 13.5. The number of ether oxygens (including phenoxy) is 1. The largest absolute Gasteiger partial charge is 0.478 e. The van der Waals surface area contributed by atoms with Crippen LogP contribution in [0.3, 0.4) is 0 Å². The van der Waals surface area contributed by atoms with Crippen LogP contribution in [0, 0.1) is 0 Å². The first kappa shape index (κ1) is 22.2. The van der Waals surface area contributed by atoms with Crippen molar-refractivity contribution in [3.05, 3.63) is 29.8 Å². The number of nitrogens with zero attached hydrogens (tertiary/aromatic N) is 4. The van der Waals surface area contributed by atoms with Crippen molar-refractivity contribution in [2.45, 2.75) is 32.9 Å². The van der Waals surface area contributed by atoms with Gasteiger partial charge in [-0.2, -0.15) is 23.7 Å². The number of alkyl halides is 3. The Morgan fingerprint density at radius 3 is 2.55 bits per heavy atom. The number of nitrogens with one attached hydrogen (secondary N) is 1. The summed E-state index contributed by atoms with van der Waals surface area (Å²) in [4.78, 5) is 25.0. The van der Waals surface area contributed by atoms with Gasteiger partial charge in [-0.15, -0.1) is 0 Å². The normalized spacial score (nSPS) is 12.3. The molecule has 0 spiro atoms. The summed E-state index contributed by atoms with van der Waals surface area (Å²) < 4.78 is 45.0. The van der Waals surface area contributed by atoms with Gasteiger partial charge >= 0.3 is 17.9 Å². The summed E-state index contributed by atoms with van der Waals surface area (Å²) in [7, 11) is 0. The Labute approximate surface area is 165 Å². The van der Waals surface area contributed by atoms with Crippen LogP contribution in [-0.2, 0) is 0 Å². The molecule has 0 aliphatic heterocycles. The number of carboxylic acid groups (broad SMARTS) is 1. The number of hydrogen-bond donors (Lipinski definition) is 2. The van der Waals surface area contributed by atoms with E-state index < -0.39 is 30.7 Å². The molecule has 29 heavy (non-hydrogen) atoms. The molecule has 0 amide bonds. The van der Waals surface area contributed by atoms with Gasteiger partial charge in [-0.3, -0.25) is 0 Å². The zero-order valence-electron chi connectivity index (χ0n) is 16.2. The highest BCUT2D eigenvalue weighted by atomic mass is 19.3. The summed E-state index contributed by atoms with van der Waals surface area (Å²) >= 11 is 0. The molecule has 2 aromatic rings. The van der Waals surface area contributed by atoms with Crippen LogP contribution >= 0.6 is 0 Å². The number of halogens is 3. The van der Waals surface area contributed by atoms with Crippen molar-refractivity contribution < 1.29 is 27.8 Å². The zero-order valence-corrected chi connectivity index (χ0v) is 16.2. The predicted octanol–water partition coefficient (Wildman–Crippen LogP) is 3.53. The van der Waals surface area contributed by atoms with Crippen LogP contribution in [0.5, 0.6) is 6.01 Å². The van der Waals surface area contributed by atoms with Gasteiger partial charge in [0.2, 0.25) is 11.9 Å². The Morgan fingerprint density at radius 2 is 1.97 bits per heavy atom. The summed E-state index contributed by atoms with van der Waals surface area (Å²) in [5.41, 5.74) is 0.413. The van der Waals surface area contributed by atoms with Gasteiger partial charge in [0.15, 0.2) is 12.8 Å². The average Bonchev–Trinajstić information content (AvgIpc) is 2.67. The summed E-state index contributed by atoms with van der Waals surface area (Å²) in [5.74, 6) is -4.67. The lowest BCUT2D eigenvalue weighted by Crippen LogP contribution is -2.35. The number of benzene rings is 1. The minimum absolute atomic E-state index is 0.0314. The molecule has 0 bridgehead atoms. The second kappa shape index (κ2) is 9.39. The quantitative estimate of drug-likeness (QED) is 0.610. The van der Waals surface area contributed by atoms with E-state index in [0.717, 1.165) is 6.92 Å². The van der Waals surface area contributed by atoms with Gasteiger partial charge in [0, 0.05) is 18.8 Å². The Bertz CT molecular complexity index is 847. The topological polar surface area (TPSA) is 100 Å². The third kappa shape index (κ3) is 5.93. The molecule has 1 atom stereocenters. The van der Waals surface area contributed by atoms with Crippen molar-refractivity contribution in [2.24, 2.45) is 0 Å². The summed E-state index contributed by atoms with van der Waals surface area (Å²) in [6.45, 7) is 4.28. The molecule has 0 fully saturated rings. The SMILES string of the molecule is CCN(CC)c1nc(Nc2cccc(C(=O)O)c2)nc(OCC(F)(F)C(C)F)n1. The van der Waals surface area contributed by atoms with Crippen LogP contribution in [0.1, 0.15) is 31.1 Å². The third-order valence-electron chi connectivity index (χ3n) is 3.99. The number of rotatable bonds is 10. The molecule has 1 unspecified atom stereocenters. The van der Waals surface area contributed by atoms with E-state index in [2.05, 4.69) is 20.3 Å². The molecule has 11 heteroatoms. The van der Waals surface area contributed by atoms with Gasteiger partial charge in [0.25, 0.3) is 0 Å². The van der Waals surface area contributed by atoms with Gasteiger partial charge in [-0.05, 0) is 39.0 Å². The molecular weight excluding hydrogens is 391 g/mol. The van der Waals surface area contributed by atoms with Crippen LogP contribution in [0.15, 0.2) is 24.3 Å². The molecule has 0 radical (unpaired) electrons. The lowest BCUT2D eigenvalue weighted by molar-refractivity contribution is -0.0957. The molecule has 8 nitrogen and oxygen atoms in total. The van der Waals surface area contributed by atoms with Crippen molar-refractivity contribution in [3.63, 3.8) is 0 Å². The first-order chi connectivity index (χ1) is 13.7. The lowest BCUT2D eigenvalue weighted by atomic mass is 10.2. The summed E-state index contributed by atoms with van der Waals surface area (Å²) in [6.07, 6.45) is -2.40. The zero-order chi connectivity index (χ0) is 21.6. The maximum atomic E-state index is 13.5. The van der Waals surface area contributed by atoms with Crippen molar-refractivity contribution in [2.75, 3.05) is 29.9 Å². The highest BCUT2D eigenvalue weighted by molar-refractivity contribution is 5.89. The smallest absolute Gasteiger partial charge is 0.335 e. The standard InChI is InChI=1S/C18H22F3N5O3/c1-4-26(5-2)16-23-15(22-13-8-6-7-12(9-13)14(27)28)24-17(25-16)29-10-18(20,21)11(3)19/h6-9,11H,4-5,10H2,1-3H3,(H,27,28)(H,22,23,24,25). The monoisotopic (exact) mass is 413 g/mol. The molecule has 1 aromatic heterocycles. The number of carbonyl (C=O) groups is 1. The van der Waals surface area contributed by atoms with Crippen LogP contribution in [0.4, 0.5) is 30.8 Å². The summed E-state index contributed by atoms with van der Waals surface area (Å²) in [6, 6.07) is 5.49. The third-order valence-corrected chi connectivity index (χ3v) is 3.99. The van der Waals surface area contributed by atoms with Crippen molar-refractivity contribution in [1.82, 2.24) is 15.0 Å². The van der Waals surface area contributed by atoms with E-state index in [-0.39, 0.29) is 17.5 Å². The minimum atomic E-state index is -3.70. The molecule has 0 saturated carbocycles. The minimum Gasteiger partial charge on any atom is -0.478 e. The van der Waals surface area contributed by atoms with E-state index in [1.54, 1.807) is 11.0 Å². The van der Waals surface area contributed by atoms with Crippen LogP contribution < -0.4 is 15.0 Å². The number of carboxylic acids is 1. The predicted molar refractivity (Wildman–Crippen MR) is 101 cm³/mol. The molecular formula is C18H22F3N5O3. The van der Waals surface area contributed by atoms with Crippen LogP contribution in [-0.4, -0.2) is 57.8 Å². The second-order valence-corrected chi connectivity index (χ2v) is 6.09. The maximum Gasteiger partial charge on any atom is 0.335 e. The number of anilines is 3. The van der Waals surface area contributed by atoms with Crippen molar-refractivity contribution in [1.29, 1.82) is 0 Å². The van der Waals surface area contributed by atoms with E-state index in [4.69, 9.17) is 9.84 Å². The van der Waals surface area contributed by atoms with E-state index in [9.17, 15) is 18.0 Å². The molecule has 1 aromatic carbocycles. The Hall–Kier alpha value is -3.11. The van der Waals surface area contributed by atoms with Gasteiger partial charge < -0.3 is 20.1 Å². The van der Waals surface area contributed by atoms with E-state index in [1.807, 2.05) is 13.8 Å². The number of aromatic nitrogens is 3. The molecule has 2 N–H and O–H groups in total. The van der Waals surface area contributed by atoms with E-state index in [1.165, 1.54) is 18.2 Å². The first-order valence-electron chi connectivity index (χ1n) is 8.92. The summed E-state index contributed by atoms with van der Waals surface area (Å²) in [5, 5.41) is 11.9. The van der Waals surface area contributed by atoms with E-state index in [0.29, 0.717) is 18.8 Å². The second-order valence-electron chi connectivity index (χ2n) is 6.09. The Morgan fingerprint density at radius 1 is 1.28 bits per heavy atom. The fourth-order valence-electron chi connectivity index (χ4n) is 2.25. The Balaban J connectivity index is 2.34. The number of aromatic carboxylic acids is 1. The molecule has 0 aliphatic carbocycles. The van der Waals surface area contributed by atoms with Crippen LogP contribution in [0.2, 0.25) is 0 Å². The molecule has 0 aliphatic rings. The van der Waals surface area contributed by atoms with Gasteiger partial charge in [-0.25, -0.2) is 9.18 Å². The highest BCUT2D eigenvalue weighted by Crippen LogP contribution is 2.24. The van der Waals surface area contributed by atoms with Gasteiger partial charge in [0.1, 0.15) is 0 Å². The van der Waals surface area contributed by atoms with Crippen molar-refractivity contribution >= 4 is 23.6 Å². The first-order valence-corrected chi connectivity index (χ1v) is 8.92. The fourth-order valence-corrected chi connectivity index (χ4v) is 2.25. The average molecular weight is 413 g/mol. The van der Waals surface area contributed by atoms with Gasteiger partial charge in [0.05, 0.1) is 5.56 Å². The van der Waals surface area contributed by atoms with Crippen LogP contribution in [0.25, 0.3) is 0 Å².